The fourth-order valence-electron chi connectivity index (χ4n) is 1.55. The molecule has 0 atom stereocenters. The quantitative estimate of drug-likeness (QED) is 0.738. The Morgan fingerprint density at radius 2 is 2.07 bits per heavy atom. The van der Waals surface area contributed by atoms with Crippen LogP contribution >= 0.6 is 11.8 Å². The lowest BCUT2D eigenvalue weighted by Crippen LogP contribution is -2.04. The predicted molar refractivity (Wildman–Crippen MR) is 60.0 cm³/mol. The topological polar surface area (TPSA) is 35.5 Å². The molecule has 0 aliphatic carbocycles. The summed E-state index contributed by atoms with van der Waals surface area (Å²) in [6.07, 6.45) is 1.92. The second kappa shape index (κ2) is 4.14. The maximum absolute atomic E-state index is 11.7. The Morgan fingerprint density at radius 3 is 2.73 bits per heavy atom. The van der Waals surface area contributed by atoms with Gasteiger partial charge in [0.15, 0.2) is 17.3 Å². The van der Waals surface area contributed by atoms with Crippen molar-refractivity contribution in [3.63, 3.8) is 0 Å². The highest BCUT2D eigenvalue weighted by Gasteiger charge is 2.18. The summed E-state index contributed by atoms with van der Waals surface area (Å²) in [6.45, 7) is 2.16. The van der Waals surface area contributed by atoms with Gasteiger partial charge in [-0.15, -0.1) is 0 Å². The van der Waals surface area contributed by atoms with Crippen LogP contribution in [0.3, 0.4) is 0 Å². The molecule has 2 rings (SSSR count). The molecule has 0 N–H and O–H groups in total. The van der Waals surface area contributed by atoms with Gasteiger partial charge in [0.25, 0.3) is 0 Å². The van der Waals surface area contributed by atoms with Gasteiger partial charge < -0.3 is 9.47 Å². The summed E-state index contributed by atoms with van der Waals surface area (Å²) in [4.78, 5) is 11.7. The second-order valence-electron chi connectivity index (χ2n) is 3.38. The van der Waals surface area contributed by atoms with Crippen molar-refractivity contribution in [3.05, 3.63) is 23.3 Å². The van der Waals surface area contributed by atoms with Crippen molar-refractivity contribution in [3.8, 4) is 11.5 Å². The van der Waals surface area contributed by atoms with Crippen molar-refractivity contribution in [1.29, 1.82) is 0 Å². The highest BCUT2D eigenvalue weighted by atomic mass is 32.2. The smallest absolute Gasteiger partial charge is 0.231 e. The van der Waals surface area contributed by atoms with E-state index in [0.29, 0.717) is 11.5 Å². The van der Waals surface area contributed by atoms with Crippen LogP contribution in [0.25, 0.3) is 0 Å². The molecule has 0 spiro atoms. The number of carbonyl (C=O) groups excluding carboxylic acids is 1. The lowest BCUT2D eigenvalue weighted by Gasteiger charge is -2.05. The summed E-state index contributed by atoms with van der Waals surface area (Å²) in [5, 5.41) is 0. The van der Waals surface area contributed by atoms with Crippen LogP contribution in [0, 0.1) is 6.92 Å². The van der Waals surface area contributed by atoms with Crippen LogP contribution in [0.4, 0.5) is 0 Å². The summed E-state index contributed by atoms with van der Waals surface area (Å²) in [7, 11) is 0. The Balaban J connectivity index is 2.36. The van der Waals surface area contributed by atoms with Crippen molar-refractivity contribution in [2.24, 2.45) is 0 Å². The molecule has 0 amide bonds. The molecule has 1 aromatic rings. The molecule has 0 fully saturated rings. The molecule has 0 saturated carbocycles. The first-order chi connectivity index (χ1) is 7.22. The maximum atomic E-state index is 11.7. The minimum atomic E-state index is 0.137. The summed E-state index contributed by atoms with van der Waals surface area (Å²) in [5.41, 5.74) is 1.67. The van der Waals surface area contributed by atoms with Gasteiger partial charge in [-0.3, -0.25) is 4.79 Å². The summed E-state index contributed by atoms with van der Waals surface area (Å²) in [6, 6.07) is 3.63. The van der Waals surface area contributed by atoms with Crippen molar-refractivity contribution in [2.45, 2.75) is 6.92 Å². The Hall–Kier alpha value is -1.16. The van der Waals surface area contributed by atoms with Crippen molar-refractivity contribution < 1.29 is 14.3 Å². The molecule has 1 aromatic carbocycles. The van der Waals surface area contributed by atoms with Gasteiger partial charge in [-0.05, 0) is 30.9 Å². The van der Waals surface area contributed by atoms with E-state index in [1.165, 1.54) is 11.8 Å². The average Bonchev–Trinajstić information content (AvgIpc) is 2.63. The summed E-state index contributed by atoms with van der Waals surface area (Å²) < 4.78 is 10.5. The largest absolute Gasteiger partial charge is 0.454 e. The molecule has 3 nitrogen and oxygen atoms in total. The average molecular weight is 224 g/mol. The monoisotopic (exact) mass is 224 g/mol. The summed E-state index contributed by atoms with van der Waals surface area (Å²) >= 11 is 1.52. The van der Waals surface area contributed by atoms with Crippen molar-refractivity contribution in [2.75, 3.05) is 18.8 Å². The van der Waals surface area contributed by atoms with E-state index < -0.39 is 0 Å². The van der Waals surface area contributed by atoms with E-state index in [0.717, 1.165) is 16.9 Å². The van der Waals surface area contributed by atoms with Crippen molar-refractivity contribution in [1.82, 2.24) is 0 Å². The fourth-order valence-corrected chi connectivity index (χ4v) is 1.97. The Bertz CT molecular complexity index is 401. The van der Waals surface area contributed by atoms with Gasteiger partial charge in [0.05, 0.1) is 5.75 Å². The first-order valence-corrected chi connectivity index (χ1v) is 6.04. The Morgan fingerprint density at radius 1 is 1.40 bits per heavy atom. The minimum Gasteiger partial charge on any atom is -0.454 e. The zero-order valence-electron chi connectivity index (χ0n) is 8.70. The van der Waals surface area contributed by atoms with Gasteiger partial charge in [0.1, 0.15) is 0 Å². The number of Topliss-reactive ketones (excluding diaryl/α,β-unsaturated/α-hetero) is 1. The highest BCUT2D eigenvalue weighted by Crippen LogP contribution is 2.34. The van der Waals surface area contributed by atoms with E-state index >= 15 is 0 Å². The summed E-state index contributed by atoms with van der Waals surface area (Å²) in [5.74, 6) is 2.04. The number of benzene rings is 1. The van der Waals surface area contributed by atoms with Crippen LogP contribution in [-0.2, 0) is 0 Å². The number of thioether (sulfide) groups is 1. The van der Waals surface area contributed by atoms with Crippen LogP contribution in [0.15, 0.2) is 12.1 Å². The molecule has 80 valence electrons. The first-order valence-electron chi connectivity index (χ1n) is 4.64. The molecule has 15 heavy (non-hydrogen) atoms. The molecule has 0 unspecified atom stereocenters. The second-order valence-corrected chi connectivity index (χ2v) is 4.24. The SMILES string of the molecule is CSCC(=O)c1cc2c(cc1C)OCO2. The Kier molecular flexibility index (Phi) is 2.86. The number of aryl methyl sites for hydroxylation is 1. The van der Waals surface area contributed by atoms with E-state index in [1.807, 2.05) is 19.2 Å². The zero-order chi connectivity index (χ0) is 10.8. The molecule has 1 heterocycles. The number of ketones is 1. The number of fused-ring (bicyclic) bond motifs is 1. The predicted octanol–water partition coefficient (Wildman–Crippen LogP) is 2.27. The van der Waals surface area contributed by atoms with Gasteiger partial charge in [0.2, 0.25) is 6.79 Å². The zero-order valence-corrected chi connectivity index (χ0v) is 9.52. The van der Waals surface area contributed by atoms with Gasteiger partial charge in [0, 0.05) is 5.56 Å². The number of rotatable bonds is 3. The highest BCUT2D eigenvalue weighted by molar-refractivity contribution is 7.99. The molecule has 0 aromatic heterocycles. The lowest BCUT2D eigenvalue weighted by molar-refractivity contribution is 0.102. The molecular weight excluding hydrogens is 212 g/mol. The van der Waals surface area contributed by atoms with Gasteiger partial charge >= 0.3 is 0 Å². The van der Waals surface area contributed by atoms with E-state index in [2.05, 4.69) is 0 Å². The fraction of sp³-hybridized carbons (Fsp3) is 0.364. The molecule has 0 radical (unpaired) electrons. The van der Waals surface area contributed by atoms with Crippen LogP contribution in [0.5, 0.6) is 11.5 Å². The molecule has 1 aliphatic heterocycles. The first kappa shape index (κ1) is 10.4. The van der Waals surface area contributed by atoms with Crippen LogP contribution in [-0.4, -0.2) is 24.6 Å². The molecule has 1 aliphatic rings. The normalized spacial score (nSPS) is 12.9. The van der Waals surface area contributed by atoms with E-state index in [9.17, 15) is 4.79 Å². The van der Waals surface area contributed by atoms with Crippen LogP contribution in [0.2, 0.25) is 0 Å². The maximum Gasteiger partial charge on any atom is 0.231 e. The third kappa shape index (κ3) is 1.95. The van der Waals surface area contributed by atoms with Crippen LogP contribution in [0.1, 0.15) is 15.9 Å². The van der Waals surface area contributed by atoms with E-state index in [-0.39, 0.29) is 12.6 Å². The number of carbonyl (C=O) groups is 1. The standard InChI is InChI=1S/C11H12O3S/c1-7-3-10-11(14-6-13-10)4-8(7)9(12)5-15-2/h3-4H,5-6H2,1-2H3. The van der Waals surface area contributed by atoms with Gasteiger partial charge in [-0.2, -0.15) is 11.8 Å². The minimum absolute atomic E-state index is 0.137. The third-order valence-corrected chi connectivity index (χ3v) is 2.85. The van der Waals surface area contributed by atoms with Gasteiger partial charge in [-0.1, -0.05) is 0 Å². The number of hydrogen-bond acceptors (Lipinski definition) is 4. The molecule has 0 bridgehead atoms. The molecule has 0 saturated heterocycles. The molecule has 4 heteroatoms. The number of ether oxygens (including phenoxy) is 2. The lowest BCUT2D eigenvalue weighted by atomic mass is 10.0. The van der Waals surface area contributed by atoms with E-state index in [4.69, 9.17) is 9.47 Å². The Labute approximate surface area is 92.8 Å². The third-order valence-electron chi connectivity index (χ3n) is 2.30. The van der Waals surface area contributed by atoms with Crippen LogP contribution < -0.4 is 9.47 Å². The van der Waals surface area contributed by atoms with Gasteiger partial charge in [-0.25, -0.2) is 0 Å². The molecular formula is C11H12O3S. The van der Waals surface area contributed by atoms with Crippen molar-refractivity contribution >= 4 is 17.5 Å². The number of hydrogen-bond donors (Lipinski definition) is 0. The van der Waals surface area contributed by atoms with E-state index in [1.54, 1.807) is 6.07 Å².